The van der Waals surface area contributed by atoms with E-state index in [2.05, 4.69) is 5.32 Å². The minimum Gasteiger partial charge on any atom is -0.489 e. The van der Waals surface area contributed by atoms with Gasteiger partial charge in [-0.3, -0.25) is 9.69 Å². The van der Waals surface area contributed by atoms with Crippen molar-refractivity contribution in [1.29, 1.82) is 0 Å². The first-order valence-corrected chi connectivity index (χ1v) is 7.93. The van der Waals surface area contributed by atoms with Gasteiger partial charge >= 0.3 is 0 Å². The van der Waals surface area contributed by atoms with E-state index < -0.39 is 0 Å². The smallest absolute Gasteiger partial charge is 0.234 e. The minimum atomic E-state index is -0.379. The van der Waals surface area contributed by atoms with Crippen LogP contribution in [-0.2, 0) is 11.3 Å². The van der Waals surface area contributed by atoms with Gasteiger partial charge in [-0.15, -0.1) is 0 Å². The number of ether oxygens (including phenoxy) is 1. The van der Waals surface area contributed by atoms with Crippen LogP contribution in [0.1, 0.15) is 11.1 Å². The minimum absolute atomic E-state index is 0.0494. The van der Waals surface area contributed by atoms with E-state index in [-0.39, 0.29) is 24.0 Å². The number of rotatable bonds is 8. The quantitative estimate of drug-likeness (QED) is 0.809. The Morgan fingerprint density at radius 2 is 1.88 bits per heavy atom. The van der Waals surface area contributed by atoms with E-state index in [9.17, 15) is 9.18 Å². The topological polar surface area (TPSA) is 41.6 Å². The van der Waals surface area contributed by atoms with E-state index in [4.69, 9.17) is 4.74 Å². The third-order valence-electron chi connectivity index (χ3n) is 3.72. The molecule has 0 aliphatic heterocycles. The Morgan fingerprint density at radius 3 is 2.62 bits per heavy atom. The summed E-state index contributed by atoms with van der Waals surface area (Å²) in [4.78, 5) is 13.8. The summed E-state index contributed by atoms with van der Waals surface area (Å²) in [5.74, 6) is -0.197. The second kappa shape index (κ2) is 9.03. The fourth-order valence-corrected chi connectivity index (χ4v) is 2.26. The zero-order valence-corrected chi connectivity index (χ0v) is 14.1. The summed E-state index contributed by atoms with van der Waals surface area (Å²) in [6.45, 7) is 3.67. The average Bonchev–Trinajstić information content (AvgIpc) is 2.56. The van der Waals surface area contributed by atoms with Crippen LogP contribution in [-0.4, -0.2) is 37.6 Å². The van der Waals surface area contributed by atoms with Gasteiger partial charge in [-0.2, -0.15) is 0 Å². The van der Waals surface area contributed by atoms with Crippen LogP contribution in [0.15, 0.2) is 48.5 Å². The summed E-state index contributed by atoms with van der Waals surface area (Å²) in [5, 5.41) is 2.91. The largest absolute Gasteiger partial charge is 0.489 e. The molecule has 0 saturated heterocycles. The van der Waals surface area contributed by atoms with Crippen LogP contribution in [0.4, 0.5) is 4.39 Å². The number of likely N-dealkylation sites (N-methyl/N-ethyl adjacent to an activating group) is 1. The van der Waals surface area contributed by atoms with Crippen molar-refractivity contribution in [2.24, 2.45) is 0 Å². The van der Waals surface area contributed by atoms with Crippen LogP contribution in [0.5, 0.6) is 5.75 Å². The van der Waals surface area contributed by atoms with Crippen molar-refractivity contribution in [3.8, 4) is 5.75 Å². The van der Waals surface area contributed by atoms with Crippen molar-refractivity contribution in [1.82, 2.24) is 10.2 Å². The second-order valence-corrected chi connectivity index (χ2v) is 5.72. The molecule has 0 heterocycles. The lowest BCUT2D eigenvalue weighted by Crippen LogP contribution is -2.36. The number of para-hydroxylation sites is 1. The van der Waals surface area contributed by atoms with Gasteiger partial charge in [0.2, 0.25) is 5.91 Å². The molecule has 1 amide bonds. The van der Waals surface area contributed by atoms with Crippen LogP contribution < -0.4 is 10.1 Å². The van der Waals surface area contributed by atoms with Gasteiger partial charge in [-0.1, -0.05) is 36.4 Å². The monoisotopic (exact) mass is 330 g/mol. The molecule has 0 fully saturated rings. The first kappa shape index (κ1) is 17.9. The summed E-state index contributed by atoms with van der Waals surface area (Å²) in [5.41, 5.74) is 2.26. The first-order valence-electron chi connectivity index (χ1n) is 7.93. The fourth-order valence-electron chi connectivity index (χ4n) is 2.26. The van der Waals surface area contributed by atoms with Gasteiger partial charge in [-0.25, -0.2) is 4.39 Å². The van der Waals surface area contributed by atoms with Gasteiger partial charge in [-0.05, 0) is 37.2 Å². The highest BCUT2D eigenvalue weighted by molar-refractivity contribution is 5.78. The zero-order valence-electron chi connectivity index (χ0n) is 14.1. The summed E-state index contributed by atoms with van der Waals surface area (Å²) in [6, 6.07) is 14.2. The van der Waals surface area contributed by atoms with Crippen molar-refractivity contribution in [2.75, 3.05) is 26.7 Å². The van der Waals surface area contributed by atoms with E-state index in [0.29, 0.717) is 19.7 Å². The lowest BCUT2D eigenvalue weighted by molar-refractivity contribution is -0.122. The van der Waals surface area contributed by atoms with Gasteiger partial charge in [0.25, 0.3) is 0 Å². The number of benzene rings is 2. The number of aryl methyl sites for hydroxylation is 1. The SMILES string of the molecule is Cc1ccccc1CNC(=O)CN(C)CCOc1ccccc1F. The highest BCUT2D eigenvalue weighted by atomic mass is 19.1. The third-order valence-corrected chi connectivity index (χ3v) is 3.72. The van der Waals surface area contributed by atoms with Gasteiger partial charge in [0.1, 0.15) is 6.61 Å². The summed E-state index contributed by atoms with van der Waals surface area (Å²) < 4.78 is 18.8. The third kappa shape index (κ3) is 5.66. The summed E-state index contributed by atoms with van der Waals surface area (Å²) in [6.07, 6.45) is 0. The summed E-state index contributed by atoms with van der Waals surface area (Å²) >= 11 is 0. The molecule has 0 aromatic heterocycles. The molecule has 2 aromatic rings. The fraction of sp³-hybridized carbons (Fsp3) is 0.316. The molecular weight excluding hydrogens is 307 g/mol. The predicted octanol–water partition coefficient (Wildman–Crippen LogP) is 2.76. The average molecular weight is 330 g/mol. The maximum absolute atomic E-state index is 13.4. The van der Waals surface area contributed by atoms with E-state index >= 15 is 0 Å². The van der Waals surface area contributed by atoms with Crippen molar-refractivity contribution < 1.29 is 13.9 Å². The lowest BCUT2D eigenvalue weighted by Gasteiger charge is -2.17. The Hall–Kier alpha value is -2.40. The lowest BCUT2D eigenvalue weighted by atomic mass is 10.1. The number of halogens is 1. The Bertz CT molecular complexity index is 676. The molecule has 24 heavy (non-hydrogen) atoms. The molecule has 5 heteroatoms. The van der Waals surface area contributed by atoms with E-state index in [1.54, 1.807) is 18.2 Å². The molecule has 4 nitrogen and oxygen atoms in total. The van der Waals surface area contributed by atoms with Gasteiger partial charge in [0.05, 0.1) is 6.54 Å². The summed E-state index contributed by atoms with van der Waals surface area (Å²) in [7, 11) is 1.83. The molecule has 0 radical (unpaired) electrons. The highest BCUT2D eigenvalue weighted by Crippen LogP contribution is 2.14. The van der Waals surface area contributed by atoms with Crippen LogP contribution in [0.3, 0.4) is 0 Å². The molecule has 1 N–H and O–H groups in total. The molecule has 128 valence electrons. The first-order chi connectivity index (χ1) is 11.6. The molecule has 0 bridgehead atoms. The van der Waals surface area contributed by atoms with Gasteiger partial charge in [0, 0.05) is 13.1 Å². The standard InChI is InChI=1S/C19H23FN2O2/c1-15-7-3-4-8-16(15)13-21-19(23)14-22(2)11-12-24-18-10-6-5-9-17(18)20/h3-10H,11-14H2,1-2H3,(H,21,23). The molecular formula is C19H23FN2O2. The maximum atomic E-state index is 13.4. The normalized spacial score (nSPS) is 10.7. The van der Waals surface area contributed by atoms with Crippen LogP contribution in [0.25, 0.3) is 0 Å². The number of nitrogens with zero attached hydrogens (tertiary/aromatic N) is 1. The van der Waals surface area contributed by atoms with Crippen molar-refractivity contribution in [3.63, 3.8) is 0 Å². The second-order valence-electron chi connectivity index (χ2n) is 5.72. The van der Waals surface area contributed by atoms with Crippen molar-refractivity contribution in [2.45, 2.75) is 13.5 Å². The Labute approximate surface area is 142 Å². The number of nitrogens with one attached hydrogen (secondary N) is 1. The van der Waals surface area contributed by atoms with Crippen LogP contribution >= 0.6 is 0 Å². The van der Waals surface area contributed by atoms with Gasteiger partial charge in [0.15, 0.2) is 11.6 Å². The highest BCUT2D eigenvalue weighted by Gasteiger charge is 2.08. The zero-order chi connectivity index (χ0) is 17.4. The Kier molecular flexibility index (Phi) is 6.75. The molecule has 2 aromatic carbocycles. The molecule has 0 aliphatic rings. The Morgan fingerprint density at radius 1 is 1.17 bits per heavy atom. The molecule has 2 rings (SSSR count). The molecule has 0 spiro atoms. The van der Waals surface area contributed by atoms with Crippen molar-refractivity contribution in [3.05, 3.63) is 65.5 Å². The number of hydrogen-bond acceptors (Lipinski definition) is 3. The van der Waals surface area contributed by atoms with Crippen LogP contribution in [0.2, 0.25) is 0 Å². The molecule has 0 aliphatic carbocycles. The van der Waals surface area contributed by atoms with Crippen LogP contribution in [0, 0.1) is 12.7 Å². The maximum Gasteiger partial charge on any atom is 0.234 e. The number of carbonyl (C=O) groups excluding carboxylic acids is 1. The van der Waals surface area contributed by atoms with E-state index in [0.717, 1.165) is 11.1 Å². The molecule has 0 atom stereocenters. The van der Waals surface area contributed by atoms with Gasteiger partial charge < -0.3 is 10.1 Å². The predicted molar refractivity (Wildman–Crippen MR) is 92.4 cm³/mol. The van der Waals surface area contributed by atoms with Crippen molar-refractivity contribution >= 4 is 5.91 Å². The molecule has 0 unspecified atom stereocenters. The Balaban J connectivity index is 1.68. The number of hydrogen-bond donors (Lipinski definition) is 1. The number of carbonyl (C=O) groups is 1. The van der Waals surface area contributed by atoms with E-state index in [1.807, 2.05) is 43.1 Å². The molecule has 0 saturated carbocycles. The van der Waals surface area contributed by atoms with E-state index in [1.165, 1.54) is 6.07 Å². The number of amides is 1.